The van der Waals surface area contributed by atoms with Gasteiger partial charge in [-0.15, -0.1) is 11.8 Å². The molecule has 3 unspecified atom stereocenters. The Balaban J connectivity index is 1.49. The Morgan fingerprint density at radius 2 is 2.22 bits per heavy atom. The first-order valence-corrected chi connectivity index (χ1v) is 10.5. The van der Waals surface area contributed by atoms with Crippen molar-refractivity contribution >= 4 is 23.8 Å². The van der Waals surface area contributed by atoms with Gasteiger partial charge in [-0.25, -0.2) is 4.79 Å². The van der Waals surface area contributed by atoms with E-state index in [9.17, 15) is 14.7 Å². The minimum Gasteiger partial charge on any atom is -0.449 e. The molecule has 1 saturated carbocycles. The summed E-state index contributed by atoms with van der Waals surface area (Å²) >= 11 is 1.62. The van der Waals surface area contributed by atoms with Crippen LogP contribution in [0.15, 0.2) is 10.8 Å². The Hall–Kier alpha value is -1.29. The van der Waals surface area contributed by atoms with E-state index < -0.39 is 18.2 Å². The van der Waals surface area contributed by atoms with Crippen molar-refractivity contribution in [3.05, 3.63) is 10.8 Å². The molecule has 2 saturated heterocycles. The third-order valence-electron chi connectivity index (χ3n) is 6.46. The number of nitrogens with one attached hydrogen (secondary N) is 1. The molecule has 8 nitrogen and oxygen atoms in total. The summed E-state index contributed by atoms with van der Waals surface area (Å²) in [6, 6.07) is 0.227. The number of β-lactam (4-membered cyclic amide) rings is 1. The number of hydrogen-bond donors (Lipinski definition) is 4. The molecule has 0 spiro atoms. The molecule has 4 aliphatic rings. The number of amides is 1. The summed E-state index contributed by atoms with van der Waals surface area (Å²) in [6.07, 6.45) is -0.00749. The van der Waals surface area contributed by atoms with Gasteiger partial charge in [0.15, 0.2) is 0 Å². The average Bonchev–Trinajstić information content (AvgIpc) is 3.18. The smallest absolute Gasteiger partial charge is 0.449 e. The Morgan fingerprint density at radius 1 is 1.48 bits per heavy atom. The number of nitrogens with two attached hydrogens (primary N) is 1. The van der Waals surface area contributed by atoms with Gasteiger partial charge < -0.3 is 26.0 Å². The highest BCUT2D eigenvalue weighted by Crippen LogP contribution is 2.53. The average molecular weight is 397 g/mol. The molecule has 0 bridgehead atoms. The van der Waals surface area contributed by atoms with Crippen LogP contribution in [0.2, 0.25) is 0 Å². The van der Waals surface area contributed by atoms with Gasteiger partial charge in [-0.3, -0.25) is 9.69 Å². The maximum Gasteiger partial charge on any atom is 0.512 e. The van der Waals surface area contributed by atoms with Crippen molar-refractivity contribution in [1.29, 1.82) is 0 Å². The number of aliphatic hydroxyl groups is 1. The first-order valence-electron chi connectivity index (χ1n) is 9.59. The summed E-state index contributed by atoms with van der Waals surface area (Å²) < 4.78 is 5.02. The second-order valence-electron chi connectivity index (χ2n) is 8.18. The molecule has 5 N–H and O–H groups in total. The van der Waals surface area contributed by atoms with Gasteiger partial charge in [-0.2, -0.15) is 0 Å². The van der Waals surface area contributed by atoms with Crippen LogP contribution < -0.4 is 11.1 Å². The lowest BCUT2D eigenvalue weighted by molar-refractivity contribution is -0.163. The third-order valence-corrected chi connectivity index (χ3v) is 7.96. The summed E-state index contributed by atoms with van der Waals surface area (Å²) in [4.78, 5) is 25.9. The number of carboxylic acid groups (broad SMARTS) is 1. The standard InChI is InChI=1S/C18H27N3O5S/c1-7-14-13(8(2)22)16(23)21(14)17(26-18(24)25)15(7)27-10-4-12(20-6-10)11-3-9(11)5-19/h7-14,20,22H,3-6,19H2,1-2H3,(H,24,25)/t7?,8-,9?,10+,11?,12+,13-,14+/m1/s1. The lowest BCUT2D eigenvalue weighted by Gasteiger charge is -2.45. The van der Waals surface area contributed by atoms with E-state index in [0.29, 0.717) is 23.1 Å². The monoisotopic (exact) mass is 397 g/mol. The van der Waals surface area contributed by atoms with Crippen LogP contribution in [0.3, 0.4) is 0 Å². The molecule has 0 aromatic rings. The van der Waals surface area contributed by atoms with Crippen molar-refractivity contribution in [1.82, 2.24) is 10.2 Å². The van der Waals surface area contributed by atoms with Crippen LogP contribution >= 0.6 is 11.8 Å². The number of carbonyl (C=O) groups is 2. The highest BCUT2D eigenvalue weighted by Gasteiger charge is 2.60. The van der Waals surface area contributed by atoms with Crippen LogP contribution in [0.1, 0.15) is 26.7 Å². The van der Waals surface area contributed by atoms with Gasteiger partial charge in [-0.1, -0.05) is 6.92 Å². The molecular weight excluding hydrogens is 370 g/mol. The summed E-state index contributed by atoms with van der Waals surface area (Å²) in [7, 11) is 0. The summed E-state index contributed by atoms with van der Waals surface area (Å²) in [5, 5.41) is 23.0. The minimum atomic E-state index is -1.42. The Kier molecular flexibility index (Phi) is 4.90. The number of carbonyl (C=O) groups excluding carboxylic acids is 1. The molecule has 0 radical (unpaired) electrons. The van der Waals surface area contributed by atoms with E-state index in [4.69, 9.17) is 15.6 Å². The van der Waals surface area contributed by atoms with Crippen LogP contribution in [0.4, 0.5) is 4.79 Å². The number of rotatable bonds is 6. The quantitative estimate of drug-likeness (QED) is 0.382. The number of nitrogens with zero attached hydrogens (tertiary/aromatic N) is 1. The van der Waals surface area contributed by atoms with Gasteiger partial charge >= 0.3 is 6.16 Å². The van der Waals surface area contributed by atoms with E-state index in [1.807, 2.05) is 6.92 Å². The molecule has 4 rings (SSSR count). The number of aliphatic hydroxyl groups excluding tert-OH is 1. The molecule has 3 aliphatic heterocycles. The zero-order valence-corrected chi connectivity index (χ0v) is 16.3. The number of ether oxygens (including phenoxy) is 1. The topological polar surface area (TPSA) is 125 Å². The summed E-state index contributed by atoms with van der Waals surface area (Å²) in [5.74, 6) is 0.580. The molecule has 27 heavy (non-hydrogen) atoms. The van der Waals surface area contributed by atoms with Crippen LogP contribution in [-0.2, 0) is 9.53 Å². The zero-order valence-electron chi connectivity index (χ0n) is 15.5. The van der Waals surface area contributed by atoms with Crippen LogP contribution in [0, 0.1) is 23.7 Å². The fourth-order valence-corrected chi connectivity index (χ4v) is 6.40. The van der Waals surface area contributed by atoms with Crippen molar-refractivity contribution < 1.29 is 24.5 Å². The maximum atomic E-state index is 12.4. The zero-order chi connectivity index (χ0) is 19.5. The molecule has 3 fully saturated rings. The molecule has 3 heterocycles. The fourth-order valence-electron chi connectivity index (χ4n) is 4.97. The van der Waals surface area contributed by atoms with Gasteiger partial charge in [-0.05, 0) is 38.1 Å². The van der Waals surface area contributed by atoms with Gasteiger partial charge in [0.25, 0.3) is 0 Å². The number of thioether (sulfide) groups is 1. The minimum absolute atomic E-state index is 0.0570. The van der Waals surface area contributed by atoms with E-state index in [1.165, 1.54) is 11.3 Å². The van der Waals surface area contributed by atoms with Crippen LogP contribution in [-0.4, -0.2) is 63.7 Å². The molecule has 1 amide bonds. The number of hydrogen-bond acceptors (Lipinski definition) is 7. The predicted octanol–water partition coefficient (Wildman–Crippen LogP) is 0.766. The van der Waals surface area contributed by atoms with Gasteiger partial charge in [0.05, 0.1) is 23.0 Å². The third kappa shape index (κ3) is 3.14. The van der Waals surface area contributed by atoms with E-state index in [-0.39, 0.29) is 23.8 Å². The van der Waals surface area contributed by atoms with Crippen LogP contribution in [0.5, 0.6) is 0 Å². The van der Waals surface area contributed by atoms with Crippen molar-refractivity contribution in [2.45, 2.75) is 50.1 Å². The maximum absolute atomic E-state index is 12.4. The lowest BCUT2D eigenvalue weighted by atomic mass is 9.79. The van der Waals surface area contributed by atoms with Crippen molar-refractivity contribution in [3.63, 3.8) is 0 Å². The molecule has 0 aromatic heterocycles. The first-order chi connectivity index (χ1) is 12.8. The Bertz CT molecular complexity index is 684. The van der Waals surface area contributed by atoms with Crippen LogP contribution in [0.25, 0.3) is 0 Å². The second-order valence-corrected chi connectivity index (χ2v) is 9.52. The van der Waals surface area contributed by atoms with E-state index in [2.05, 4.69) is 5.32 Å². The molecule has 150 valence electrons. The lowest BCUT2D eigenvalue weighted by Crippen LogP contribution is -2.63. The van der Waals surface area contributed by atoms with Gasteiger partial charge in [0, 0.05) is 23.8 Å². The predicted molar refractivity (Wildman–Crippen MR) is 99.5 cm³/mol. The molecule has 9 heteroatoms. The second kappa shape index (κ2) is 6.95. The van der Waals surface area contributed by atoms with E-state index >= 15 is 0 Å². The highest BCUT2D eigenvalue weighted by atomic mass is 32.2. The summed E-state index contributed by atoms with van der Waals surface area (Å²) in [6.45, 7) is 5.16. The Labute approximate surface area is 162 Å². The molecular formula is C18H27N3O5S. The van der Waals surface area contributed by atoms with Gasteiger partial charge in [0.1, 0.15) is 0 Å². The highest BCUT2D eigenvalue weighted by molar-refractivity contribution is 8.03. The van der Waals surface area contributed by atoms with Gasteiger partial charge in [0.2, 0.25) is 11.8 Å². The fraction of sp³-hybridized carbons (Fsp3) is 0.778. The molecule has 1 aliphatic carbocycles. The van der Waals surface area contributed by atoms with Crippen molar-refractivity contribution in [2.24, 2.45) is 29.4 Å². The van der Waals surface area contributed by atoms with Crippen molar-refractivity contribution in [2.75, 3.05) is 13.1 Å². The van der Waals surface area contributed by atoms with Crippen molar-refractivity contribution in [3.8, 4) is 0 Å². The first kappa shape index (κ1) is 19.0. The molecule has 8 atom stereocenters. The van der Waals surface area contributed by atoms with E-state index in [0.717, 1.165) is 24.4 Å². The summed E-state index contributed by atoms with van der Waals surface area (Å²) in [5.41, 5.74) is 5.76. The normalized spacial score (nSPS) is 41.4. The number of fused-ring (bicyclic) bond motifs is 1. The Morgan fingerprint density at radius 3 is 2.81 bits per heavy atom. The SMILES string of the molecule is CC1C(S[C@@H]2CN[C@H](C3CC3CN)C2)=C(OC(=O)O)N2C(=O)[C@H]([C@@H](C)O)[C@H]12. The van der Waals surface area contributed by atoms with E-state index in [1.54, 1.807) is 18.7 Å². The largest absolute Gasteiger partial charge is 0.512 e. The molecule has 0 aromatic carbocycles.